The van der Waals surface area contributed by atoms with Gasteiger partial charge in [0, 0.05) is 10.0 Å². The molecule has 0 bridgehead atoms. The minimum atomic E-state index is -0.504. The highest BCUT2D eigenvalue weighted by atomic mass is 79.9. The Labute approximate surface area is 125 Å². The van der Waals surface area contributed by atoms with Crippen LogP contribution in [0.3, 0.4) is 0 Å². The predicted octanol–water partition coefficient (Wildman–Crippen LogP) is 3.65. The van der Waals surface area contributed by atoms with E-state index in [0.717, 1.165) is 4.47 Å². The van der Waals surface area contributed by atoms with Crippen LogP contribution in [0.5, 0.6) is 5.75 Å². The lowest BCUT2D eigenvalue weighted by atomic mass is 10.2. The molecule has 2 rings (SSSR count). The number of oxime groups is 1. The zero-order valence-electron chi connectivity index (χ0n) is 10.7. The number of methoxy groups -OCH3 is 1. The molecule has 0 saturated heterocycles. The predicted molar refractivity (Wildman–Crippen MR) is 80.1 cm³/mol. The summed E-state index contributed by atoms with van der Waals surface area (Å²) in [5.74, 6) is 0.142. The number of benzene rings is 2. The lowest BCUT2D eigenvalue weighted by Gasteiger charge is -2.04. The minimum absolute atomic E-state index is 0.450. The van der Waals surface area contributed by atoms with Gasteiger partial charge in [0.15, 0.2) is 0 Å². The Kier molecular flexibility index (Phi) is 4.90. The van der Waals surface area contributed by atoms with E-state index in [4.69, 9.17) is 9.57 Å². The Balaban J connectivity index is 2.07. The maximum atomic E-state index is 11.7. The van der Waals surface area contributed by atoms with Crippen molar-refractivity contribution in [2.75, 3.05) is 7.11 Å². The van der Waals surface area contributed by atoms with E-state index in [1.807, 2.05) is 18.2 Å². The Morgan fingerprint density at radius 3 is 2.65 bits per heavy atom. The van der Waals surface area contributed by atoms with Crippen LogP contribution in [0.25, 0.3) is 0 Å². The molecule has 0 atom stereocenters. The molecule has 0 unspecified atom stereocenters. The van der Waals surface area contributed by atoms with E-state index in [0.29, 0.717) is 16.9 Å². The molecule has 2 aromatic carbocycles. The largest absolute Gasteiger partial charge is 0.496 e. The molecule has 2 aromatic rings. The number of halogens is 1. The van der Waals surface area contributed by atoms with Crippen LogP contribution in [-0.4, -0.2) is 19.3 Å². The molecule has 4 nitrogen and oxygen atoms in total. The fourth-order valence-corrected chi connectivity index (χ4v) is 1.94. The topological polar surface area (TPSA) is 47.9 Å². The zero-order valence-corrected chi connectivity index (χ0v) is 12.3. The smallest absolute Gasteiger partial charge is 0.365 e. The van der Waals surface area contributed by atoms with E-state index < -0.39 is 5.97 Å². The molecule has 0 radical (unpaired) electrons. The van der Waals surface area contributed by atoms with Crippen LogP contribution in [0.2, 0.25) is 0 Å². The van der Waals surface area contributed by atoms with Gasteiger partial charge in [-0.1, -0.05) is 39.3 Å². The Bertz CT molecular complexity index is 626. The molecule has 0 aromatic heterocycles. The van der Waals surface area contributed by atoms with E-state index in [1.54, 1.807) is 37.4 Å². The molecule has 0 aliphatic heterocycles. The molecule has 0 aliphatic rings. The molecule has 102 valence electrons. The number of carbonyl (C=O) groups is 1. The maximum Gasteiger partial charge on any atom is 0.365 e. The molecule has 0 spiro atoms. The van der Waals surface area contributed by atoms with E-state index in [-0.39, 0.29) is 0 Å². The van der Waals surface area contributed by atoms with Crippen molar-refractivity contribution in [2.24, 2.45) is 5.16 Å². The second-order valence-electron chi connectivity index (χ2n) is 3.87. The van der Waals surface area contributed by atoms with Gasteiger partial charge in [-0.2, -0.15) is 0 Å². The van der Waals surface area contributed by atoms with Crippen LogP contribution in [0.4, 0.5) is 0 Å². The van der Waals surface area contributed by atoms with Gasteiger partial charge in [0.1, 0.15) is 5.75 Å². The number of nitrogens with zero attached hydrogens (tertiary/aromatic N) is 1. The standard InChI is InChI=1S/C15H12BrNO3/c1-19-14-8-7-13(16)9-12(14)10-17-20-15(18)11-5-3-2-4-6-11/h2-10H,1H3/b17-10+. The highest BCUT2D eigenvalue weighted by Gasteiger charge is 2.05. The van der Waals surface area contributed by atoms with Gasteiger partial charge in [-0.25, -0.2) is 4.79 Å². The molecular weight excluding hydrogens is 322 g/mol. The van der Waals surface area contributed by atoms with Crippen LogP contribution in [0.1, 0.15) is 15.9 Å². The summed E-state index contributed by atoms with van der Waals surface area (Å²) in [6, 6.07) is 14.1. The quantitative estimate of drug-likeness (QED) is 0.487. The van der Waals surface area contributed by atoms with Crippen LogP contribution in [0, 0.1) is 0 Å². The second-order valence-corrected chi connectivity index (χ2v) is 4.78. The summed E-state index contributed by atoms with van der Waals surface area (Å²) < 4.78 is 6.07. The Morgan fingerprint density at radius 2 is 1.95 bits per heavy atom. The SMILES string of the molecule is COc1ccc(Br)cc1/C=N/OC(=O)c1ccccc1. The van der Waals surface area contributed by atoms with Crippen molar-refractivity contribution >= 4 is 28.1 Å². The summed E-state index contributed by atoms with van der Waals surface area (Å²) in [5.41, 5.74) is 1.16. The van der Waals surface area contributed by atoms with E-state index in [1.165, 1.54) is 6.21 Å². The molecule has 0 heterocycles. The Morgan fingerprint density at radius 1 is 1.20 bits per heavy atom. The third kappa shape index (κ3) is 3.68. The van der Waals surface area contributed by atoms with Crippen molar-refractivity contribution in [3.8, 4) is 5.75 Å². The van der Waals surface area contributed by atoms with Gasteiger partial charge in [0.05, 0.1) is 18.9 Å². The average Bonchev–Trinajstić information content (AvgIpc) is 2.48. The van der Waals surface area contributed by atoms with Crippen LogP contribution >= 0.6 is 15.9 Å². The van der Waals surface area contributed by atoms with Crippen molar-refractivity contribution in [1.82, 2.24) is 0 Å². The second kappa shape index (κ2) is 6.86. The monoisotopic (exact) mass is 333 g/mol. The van der Waals surface area contributed by atoms with Gasteiger partial charge >= 0.3 is 5.97 Å². The summed E-state index contributed by atoms with van der Waals surface area (Å²) >= 11 is 3.36. The number of hydrogen-bond acceptors (Lipinski definition) is 4. The van der Waals surface area contributed by atoms with Crippen LogP contribution in [-0.2, 0) is 4.84 Å². The van der Waals surface area contributed by atoms with E-state index >= 15 is 0 Å². The third-order valence-corrected chi connectivity index (χ3v) is 3.02. The zero-order chi connectivity index (χ0) is 14.4. The van der Waals surface area contributed by atoms with Gasteiger partial charge < -0.3 is 9.57 Å². The molecule has 0 N–H and O–H groups in total. The van der Waals surface area contributed by atoms with Gasteiger partial charge in [0.2, 0.25) is 0 Å². The summed E-state index contributed by atoms with van der Waals surface area (Å²) in [4.78, 5) is 16.5. The van der Waals surface area contributed by atoms with Gasteiger partial charge in [-0.3, -0.25) is 0 Å². The molecule has 0 amide bonds. The van der Waals surface area contributed by atoms with Gasteiger partial charge in [-0.15, -0.1) is 0 Å². The summed E-state index contributed by atoms with van der Waals surface area (Å²) in [6.07, 6.45) is 1.43. The van der Waals surface area contributed by atoms with Gasteiger partial charge in [-0.05, 0) is 30.3 Å². The van der Waals surface area contributed by atoms with Gasteiger partial charge in [0.25, 0.3) is 0 Å². The first-order valence-corrected chi connectivity index (χ1v) is 6.63. The normalized spacial score (nSPS) is 10.5. The van der Waals surface area contributed by atoms with Crippen LogP contribution < -0.4 is 4.74 Å². The number of hydrogen-bond donors (Lipinski definition) is 0. The first-order chi connectivity index (χ1) is 9.70. The fourth-order valence-electron chi connectivity index (χ4n) is 1.56. The molecule has 5 heteroatoms. The molecule has 0 saturated carbocycles. The first kappa shape index (κ1) is 14.3. The first-order valence-electron chi connectivity index (χ1n) is 5.84. The highest BCUT2D eigenvalue weighted by Crippen LogP contribution is 2.21. The van der Waals surface area contributed by atoms with Crippen LogP contribution in [0.15, 0.2) is 58.2 Å². The lowest BCUT2D eigenvalue weighted by molar-refractivity contribution is 0.0519. The molecule has 0 aliphatic carbocycles. The minimum Gasteiger partial charge on any atom is -0.496 e. The van der Waals surface area contributed by atoms with Crippen molar-refractivity contribution in [3.63, 3.8) is 0 Å². The summed E-state index contributed by atoms with van der Waals surface area (Å²) in [7, 11) is 1.57. The van der Waals surface area contributed by atoms with E-state index in [9.17, 15) is 4.79 Å². The Hall–Kier alpha value is -2.14. The molecule has 20 heavy (non-hydrogen) atoms. The number of carbonyl (C=O) groups excluding carboxylic acids is 1. The summed E-state index contributed by atoms with van der Waals surface area (Å²) in [6.45, 7) is 0. The number of rotatable bonds is 4. The van der Waals surface area contributed by atoms with Crippen molar-refractivity contribution in [2.45, 2.75) is 0 Å². The maximum absolute atomic E-state index is 11.7. The highest BCUT2D eigenvalue weighted by molar-refractivity contribution is 9.10. The molecular formula is C15H12BrNO3. The van der Waals surface area contributed by atoms with Crippen molar-refractivity contribution in [1.29, 1.82) is 0 Å². The van der Waals surface area contributed by atoms with Crippen molar-refractivity contribution < 1.29 is 14.4 Å². The summed E-state index contributed by atoms with van der Waals surface area (Å²) in [5, 5.41) is 3.69. The number of ether oxygens (including phenoxy) is 1. The van der Waals surface area contributed by atoms with Crippen molar-refractivity contribution in [3.05, 3.63) is 64.1 Å². The lowest BCUT2D eigenvalue weighted by Crippen LogP contribution is -2.00. The van der Waals surface area contributed by atoms with E-state index in [2.05, 4.69) is 21.1 Å². The average molecular weight is 334 g/mol. The molecule has 0 fully saturated rings. The third-order valence-electron chi connectivity index (χ3n) is 2.53. The fraction of sp³-hybridized carbons (Fsp3) is 0.0667.